The molecule has 4 N–H and O–H groups in total. The first-order valence-corrected chi connectivity index (χ1v) is 17.0. The van der Waals surface area contributed by atoms with Crippen LogP contribution in [-0.4, -0.2) is 57.0 Å². The van der Waals surface area contributed by atoms with Crippen molar-refractivity contribution in [3.8, 4) is 0 Å². The molecule has 5 nitrogen and oxygen atoms in total. The van der Waals surface area contributed by atoms with E-state index < -0.39 is 23.4 Å². The van der Waals surface area contributed by atoms with Gasteiger partial charge in [0.2, 0.25) is 0 Å². The van der Waals surface area contributed by atoms with Crippen molar-refractivity contribution in [1.82, 2.24) is 0 Å². The zero-order valence-corrected chi connectivity index (χ0v) is 27.4. The Morgan fingerprint density at radius 2 is 0.846 bits per heavy atom. The molecular formula is C34H70O5. The summed E-state index contributed by atoms with van der Waals surface area (Å²) in [6.07, 6.45) is 12.7. The van der Waals surface area contributed by atoms with Crippen LogP contribution in [0, 0.1) is 23.7 Å². The summed E-state index contributed by atoms with van der Waals surface area (Å²) in [5.74, 6) is 0.412. The quantitative estimate of drug-likeness (QED) is 0.0806. The minimum atomic E-state index is -1.39. The first kappa shape index (κ1) is 38.8. The van der Waals surface area contributed by atoms with E-state index >= 15 is 0 Å². The van der Waals surface area contributed by atoms with Gasteiger partial charge in [-0.2, -0.15) is 0 Å². The van der Waals surface area contributed by atoms with Crippen LogP contribution in [0.3, 0.4) is 0 Å². The van der Waals surface area contributed by atoms with Gasteiger partial charge in [0.05, 0.1) is 25.4 Å². The molecule has 0 aliphatic heterocycles. The van der Waals surface area contributed by atoms with E-state index in [-0.39, 0.29) is 25.0 Å². The number of hydrogen-bond acceptors (Lipinski definition) is 5. The van der Waals surface area contributed by atoms with E-state index in [9.17, 15) is 20.4 Å². The largest absolute Gasteiger partial charge is 0.390 e. The second-order valence-electron chi connectivity index (χ2n) is 12.4. The molecule has 236 valence electrons. The number of hydrogen-bond donors (Lipinski definition) is 4. The zero-order chi connectivity index (χ0) is 29.9. The molecule has 0 aromatic carbocycles. The summed E-state index contributed by atoms with van der Waals surface area (Å²) in [5.41, 5.74) is -2.77. The van der Waals surface area contributed by atoms with Gasteiger partial charge in [0.1, 0.15) is 11.2 Å². The van der Waals surface area contributed by atoms with E-state index in [0.29, 0.717) is 24.7 Å². The van der Waals surface area contributed by atoms with Gasteiger partial charge in [0, 0.05) is 0 Å². The summed E-state index contributed by atoms with van der Waals surface area (Å²) in [6, 6.07) is 0. The third kappa shape index (κ3) is 11.9. The molecular weight excluding hydrogens is 488 g/mol. The highest BCUT2D eigenvalue weighted by Crippen LogP contribution is 2.40. The summed E-state index contributed by atoms with van der Waals surface area (Å²) in [6.45, 7) is 17.1. The standard InChI is InChI=1S/C34H70O5/c1-9-17-19-23-31(35)33(37,29(15-7)27(13-5)21-11-3)25-39-26-34(38,32(36)24-20-18-10-2)30(16-8)28(14-6)22-12-4/h27-32,35-38H,9-26H2,1-8H3. The van der Waals surface area contributed by atoms with Gasteiger partial charge in [0.15, 0.2) is 0 Å². The molecule has 8 unspecified atom stereocenters. The number of rotatable bonds is 26. The smallest absolute Gasteiger partial charge is 0.117 e. The molecule has 0 saturated heterocycles. The molecule has 0 heterocycles. The third-order valence-corrected chi connectivity index (χ3v) is 9.65. The minimum absolute atomic E-state index is 0.0238. The average Bonchev–Trinajstić information content (AvgIpc) is 2.92. The van der Waals surface area contributed by atoms with E-state index in [2.05, 4.69) is 55.4 Å². The SMILES string of the molecule is CCCCCC(O)C(O)(COCC(O)(C(O)CCCCC)C(CC)C(CC)CCC)C(CC)C(CC)CCC. The van der Waals surface area contributed by atoms with Crippen molar-refractivity contribution in [3.63, 3.8) is 0 Å². The lowest BCUT2D eigenvalue weighted by atomic mass is 9.70. The lowest BCUT2D eigenvalue weighted by Crippen LogP contribution is -2.58. The van der Waals surface area contributed by atoms with Crippen molar-refractivity contribution in [2.75, 3.05) is 13.2 Å². The topological polar surface area (TPSA) is 90.2 Å². The maximum absolute atomic E-state index is 12.2. The van der Waals surface area contributed by atoms with Gasteiger partial charge in [-0.05, 0) is 36.5 Å². The summed E-state index contributed by atoms with van der Waals surface area (Å²) >= 11 is 0. The first-order chi connectivity index (χ1) is 18.6. The third-order valence-electron chi connectivity index (χ3n) is 9.65. The van der Waals surface area contributed by atoms with E-state index in [1.165, 1.54) is 0 Å². The molecule has 0 aromatic heterocycles. The van der Waals surface area contributed by atoms with Gasteiger partial charge in [-0.15, -0.1) is 0 Å². The molecule has 0 saturated carbocycles. The molecule has 0 aliphatic carbocycles. The second kappa shape index (κ2) is 21.5. The molecule has 39 heavy (non-hydrogen) atoms. The van der Waals surface area contributed by atoms with Crippen molar-refractivity contribution in [1.29, 1.82) is 0 Å². The number of unbranched alkanes of at least 4 members (excludes halogenated alkanes) is 4. The van der Waals surface area contributed by atoms with Gasteiger partial charge in [0.25, 0.3) is 0 Å². The lowest BCUT2D eigenvalue weighted by molar-refractivity contribution is -0.206. The maximum atomic E-state index is 12.2. The fourth-order valence-corrected chi connectivity index (χ4v) is 7.27. The Balaban J connectivity index is 6.17. The normalized spacial score (nSPS) is 20.0. The van der Waals surface area contributed by atoms with Crippen LogP contribution < -0.4 is 0 Å². The molecule has 0 aromatic rings. The van der Waals surface area contributed by atoms with Crippen molar-refractivity contribution in [2.24, 2.45) is 23.7 Å². The van der Waals surface area contributed by atoms with Crippen molar-refractivity contribution < 1.29 is 25.2 Å². The summed E-state index contributed by atoms with van der Waals surface area (Å²) in [5, 5.41) is 47.2. The zero-order valence-electron chi connectivity index (χ0n) is 27.4. The van der Waals surface area contributed by atoms with Crippen LogP contribution in [-0.2, 0) is 4.74 Å². The fourth-order valence-electron chi connectivity index (χ4n) is 7.27. The molecule has 0 aliphatic rings. The van der Waals surface area contributed by atoms with Crippen LogP contribution in [0.1, 0.15) is 158 Å². The predicted octanol–water partition coefficient (Wildman–Crippen LogP) is 8.05. The van der Waals surface area contributed by atoms with Crippen LogP contribution in [0.5, 0.6) is 0 Å². The molecule has 0 spiro atoms. The Morgan fingerprint density at radius 3 is 1.10 bits per heavy atom. The summed E-state index contributed by atoms with van der Waals surface area (Å²) in [4.78, 5) is 0. The van der Waals surface area contributed by atoms with Crippen molar-refractivity contribution in [2.45, 2.75) is 182 Å². The van der Waals surface area contributed by atoms with Crippen molar-refractivity contribution >= 4 is 0 Å². The fraction of sp³-hybridized carbons (Fsp3) is 1.00. The monoisotopic (exact) mass is 559 g/mol. The first-order valence-electron chi connectivity index (χ1n) is 17.0. The minimum Gasteiger partial charge on any atom is -0.390 e. The van der Waals surface area contributed by atoms with Gasteiger partial charge >= 0.3 is 0 Å². The molecule has 0 fully saturated rings. The van der Waals surface area contributed by atoms with E-state index in [1.807, 2.05) is 0 Å². The Kier molecular flexibility index (Phi) is 21.4. The predicted molar refractivity (Wildman–Crippen MR) is 166 cm³/mol. The molecule has 0 bridgehead atoms. The molecule has 0 radical (unpaired) electrons. The van der Waals surface area contributed by atoms with Gasteiger partial charge < -0.3 is 25.2 Å². The van der Waals surface area contributed by atoms with E-state index in [0.717, 1.165) is 89.9 Å². The number of ether oxygens (including phenoxy) is 1. The van der Waals surface area contributed by atoms with Gasteiger partial charge in [-0.1, -0.05) is 145 Å². The van der Waals surface area contributed by atoms with E-state index in [4.69, 9.17) is 4.74 Å². The van der Waals surface area contributed by atoms with E-state index in [1.54, 1.807) is 0 Å². The lowest BCUT2D eigenvalue weighted by Gasteiger charge is -2.46. The van der Waals surface area contributed by atoms with Gasteiger partial charge in [-0.25, -0.2) is 0 Å². The molecule has 5 heteroatoms. The Labute approximate surface area is 243 Å². The molecule has 0 amide bonds. The number of aliphatic hydroxyl groups excluding tert-OH is 2. The molecule has 8 atom stereocenters. The van der Waals surface area contributed by atoms with Crippen LogP contribution in [0.2, 0.25) is 0 Å². The van der Waals surface area contributed by atoms with Crippen molar-refractivity contribution in [3.05, 3.63) is 0 Å². The van der Waals surface area contributed by atoms with Crippen LogP contribution in [0.4, 0.5) is 0 Å². The van der Waals surface area contributed by atoms with Gasteiger partial charge in [-0.3, -0.25) is 0 Å². The average molecular weight is 559 g/mol. The van der Waals surface area contributed by atoms with Crippen LogP contribution >= 0.6 is 0 Å². The highest BCUT2D eigenvalue weighted by Gasteiger charge is 2.48. The highest BCUT2D eigenvalue weighted by molar-refractivity contribution is 4.98. The Hall–Kier alpha value is -0.200. The Morgan fingerprint density at radius 1 is 0.487 bits per heavy atom. The summed E-state index contributed by atoms with van der Waals surface area (Å²) in [7, 11) is 0. The summed E-state index contributed by atoms with van der Waals surface area (Å²) < 4.78 is 6.31. The Bertz CT molecular complexity index is 524. The second-order valence-corrected chi connectivity index (χ2v) is 12.4. The molecule has 0 rings (SSSR count). The maximum Gasteiger partial charge on any atom is 0.117 e. The highest BCUT2D eigenvalue weighted by atomic mass is 16.5. The van der Waals surface area contributed by atoms with Crippen LogP contribution in [0.25, 0.3) is 0 Å². The number of aliphatic hydroxyl groups is 4. The van der Waals surface area contributed by atoms with Crippen LogP contribution in [0.15, 0.2) is 0 Å².